The van der Waals surface area contributed by atoms with Crippen LogP contribution in [0.25, 0.3) is 0 Å². The molecule has 0 aliphatic rings. The third-order valence-corrected chi connectivity index (χ3v) is 3.29. The zero-order chi connectivity index (χ0) is 13.8. The molecular formula is C13H13N3O2S. The number of Topliss-reactive ketones (excluding diaryl/α,β-unsaturated/α-hetero) is 1. The fraction of sp³-hybridized carbons (Fsp3) is 0.154. The number of thiazole rings is 1. The Morgan fingerprint density at radius 2 is 2.00 bits per heavy atom. The average molecular weight is 275 g/mol. The number of hydrogen-bond acceptors (Lipinski definition) is 5. The third kappa shape index (κ3) is 3.24. The summed E-state index contributed by atoms with van der Waals surface area (Å²) in [4.78, 5) is 27.1. The van der Waals surface area contributed by atoms with Crippen LogP contribution in [0.4, 0.5) is 5.13 Å². The van der Waals surface area contributed by atoms with E-state index in [4.69, 9.17) is 5.73 Å². The molecule has 3 N–H and O–H groups in total. The lowest BCUT2D eigenvalue weighted by molar-refractivity contribution is 0.100. The topological polar surface area (TPSA) is 85.1 Å². The van der Waals surface area contributed by atoms with Crippen molar-refractivity contribution in [3.8, 4) is 0 Å². The Morgan fingerprint density at radius 3 is 2.53 bits per heavy atom. The monoisotopic (exact) mass is 275 g/mol. The van der Waals surface area contributed by atoms with Gasteiger partial charge in [0.25, 0.3) is 5.91 Å². The van der Waals surface area contributed by atoms with Crippen molar-refractivity contribution in [1.82, 2.24) is 4.98 Å². The first-order valence-electron chi connectivity index (χ1n) is 5.67. The highest BCUT2D eigenvalue weighted by Gasteiger charge is 2.10. The van der Waals surface area contributed by atoms with Crippen molar-refractivity contribution < 1.29 is 9.59 Å². The van der Waals surface area contributed by atoms with Crippen LogP contribution < -0.4 is 11.1 Å². The van der Waals surface area contributed by atoms with Crippen molar-refractivity contribution >= 4 is 28.2 Å². The molecule has 0 saturated carbocycles. The molecule has 1 aromatic heterocycles. The van der Waals surface area contributed by atoms with Crippen LogP contribution in [0.5, 0.6) is 0 Å². The van der Waals surface area contributed by atoms with Crippen molar-refractivity contribution in [3.63, 3.8) is 0 Å². The summed E-state index contributed by atoms with van der Waals surface area (Å²) in [6.45, 7) is 1.88. The molecular weight excluding hydrogens is 262 g/mol. The fourth-order valence-corrected chi connectivity index (χ4v) is 2.20. The average Bonchev–Trinajstić information content (AvgIpc) is 2.87. The van der Waals surface area contributed by atoms with Gasteiger partial charge in [-0.2, -0.15) is 0 Å². The fourth-order valence-electron chi connectivity index (χ4n) is 1.45. The molecule has 1 heterocycles. The second-order valence-corrected chi connectivity index (χ2v) is 4.81. The maximum Gasteiger partial charge on any atom is 0.257 e. The van der Waals surface area contributed by atoms with Gasteiger partial charge in [0.2, 0.25) is 0 Å². The van der Waals surface area contributed by atoms with Crippen LogP contribution >= 0.6 is 11.3 Å². The predicted octanol–water partition coefficient (Wildman–Crippen LogP) is 2.06. The first-order valence-corrected chi connectivity index (χ1v) is 6.55. The van der Waals surface area contributed by atoms with Crippen LogP contribution in [0, 0.1) is 0 Å². The largest absolute Gasteiger partial charge is 0.326 e. The SMILES string of the molecule is CC(=O)c1csc(NC(=O)c2ccc(CN)cc2)n1. The van der Waals surface area contributed by atoms with Crippen molar-refractivity contribution in [1.29, 1.82) is 0 Å². The normalized spacial score (nSPS) is 10.2. The zero-order valence-corrected chi connectivity index (χ0v) is 11.2. The summed E-state index contributed by atoms with van der Waals surface area (Å²) in [6.07, 6.45) is 0. The van der Waals surface area contributed by atoms with Crippen molar-refractivity contribution in [2.75, 3.05) is 5.32 Å². The molecule has 0 aliphatic heterocycles. The van der Waals surface area contributed by atoms with Gasteiger partial charge >= 0.3 is 0 Å². The summed E-state index contributed by atoms with van der Waals surface area (Å²) in [7, 11) is 0. The molecule has 0 radical (unpaired) electrons. The molecule has 0 fully saturated rings. The number of anilines is 1. The summed E-state index contributed by atoms with van der Waals surface area (Å²) in [5.41, 5.74) is 7.34. The van der Waals surface area contributed by atoms with E-state index in [-0.39, 0.29) is 11.7 Å². The predicted molar refractivity (Wildman–Crippen MR) is 74.4 cm³/mol. The minimum Gasteiger partial charge on any atom is -0.326 e. The second-order valence-electron chi connectivity index (χ2n) is 3.95. The summed E-state index contributed by atoms with van der Waals surface area (Å²) in [6, 6.07) is 7.02. The maximum atomic E-state index is 11.9. The van der Waals surface area contributed by atoms with E-state index >= 15 is 0 Å². The van der Waals surface area contributed by atoms with Crippen LogP contribution in [0.3, 0.4) is 0 Å². The van der Waals surface area contributed by atoms with Crippen LogP contribution in [-0.4, -0.2) is 16.7 Å². The number of carbonyl (C=O) groups is 2. The van der Waals surface area contributed by atoms with Gasteiger partial charge in [-0.05, 0) is 17.7 Å². The van der Waals surface area contributed by atoms with Gasteiger partial charge in [-0.15, -0.1) is 11.3 Å². The van der Waals surface area contributed by atoms with E-state index in [2.05, 4.69) is 10.3 Å². The lowest BCUT2D eigenvalue weighted by atomic mass is 10.1. The number of carbonyl (C=O) groups excluding carboxylic acids is 2. The number of hydrogen-bond donors (Lipinski definition) is 2. The molecule has 19 heavy (non-hydrogen) atoms. The summed E-state index contributed by atoms with van der Waals surface area (Å²) in [5, 5.41) is 4.69. The van der Waals surface area contributed by atoms with Crippen LogP contribution in [-0.2, 0) is 6.54 Å². The molecule has 0 bridgehead atoms. The molecule has 2 rings (SSSR count). The van der Waals surface area contributed by atoms with E-state index in [1.165, 1.54) is 18.3 Å². The molecule has 0 atom stereocenters. The Morgan fingerprint density at radius 1 is 1.32 bits per heavy atom. The standard InChI is InChI=1S/C13H13N3O2S/c1-8(17)11-7-19-13(15-11)16-12(18)10-4-2-9(6-14)3-5-10/h2-5,7H,6,14H2,1H3,(H,15,16,18). The highest BCUT2D eigenvalue weighted by atomic mass is 32.1. The number of nitrogens with zero attached hydrogens (tertiary/aromatic N) is 1. The van der Waals surface area contributed by atoms with Crippen molar-refractivity contribution in [2.24, 2.45) is 5.73 Å². The van der Waals surface area contributed by atoms with Crippen LogP contribution in [0.15, 0.2) is 29.6 Å². The number of benzene rings is 1. The zero-order valence-electron chi connectivity index (χ0n) is 10.3. The first kappa shape index (κ1) is 13.4. The van der Waals surface area contributed by atoms with Gasteiger partial charge in [0.05, 0.1) is 0 Å². The van der Waals surface area contributed by atoms with Gasteiger partial charge in [-0.3, -0.25) is 14.9 Å². The Hall–Kier alpha value is -2.05. The first-order chi connectivity index (χ1) is 9.10. The molecule has 5 nitrogen and oxygen atoms in total. The van der Waals surface area contributed by atoms with E-state index in [0.29, 0.717) is 22.9 Å². The van der Waals surface area contributed by atoms with E-state index in [9.17, 15) is 9.59 Å². The van der Waals surface area contributed by atoms with E-state index < -0.39 is 0 Å². The maximum absolute atomic E-state index is 11.9. The Balaban J connectivity index is 2.08. The molecule has 0 spiro atoms. The quantitative estimate of drug-likeness (QED) is 0.836. The molecule has 0 saturated heterocycles. The Bertz CT molecular complexity index is 605. The van der Waals surface area contributed by atoms with Gasteiger partial charge in [-0.1, -0.05) is 12.1 Å². The van der Waals surface area contributed by atoms with E-state index in [0.717, 1.165) is 5.56 Å². The number of nitrogens with two attached hydrogens (primary N) is 1. The molecule has 1 aromatic carbocycles. The van der Waals surface area contributed by atoms with E-state index in [1.54, 1.807) is 29.6 Å². The summed E-state index contributed by atoms with van der Waals surface area (Å²) < 4.78 is 0. The summed E-state index contributed by atoms with van der Waals surface area (Å²) >= 11 is 1.22. The third-order valence-electron chi connectivity index (χ3n) is 2.54. The second kappa shape index (κ2) is 5.73. The van der Waals surface area contributed by atoms with Crippen LogP contribution in [0.2, 0.25) is 0 Å². The number of rotatable bonds is 4. The lowest BCUT2D eigenvalue weighted by Crippen LogP contribution is -2.12. The highest BCUT2D eigenvalue weighted by molar-refractivity contribution is 7.14. The molecule has 2 aromatic rings. The highest BCUT2D eigenvalue weighted by Crippen LogP contribution is 2.17. The van der Waals surface area contributed by atoms with Crippen LogP contribution in [0.1, 0.15) is 33.3 Å². The van der Waals surface area contributed by atoms with Gasteiger partial charge in [0.1, 0.15) is 5.69 Å². The minimum atomic E-state index is -0.256. The van der Waals surface area contributed by atoms with E-state index in [1.807, 2.05) is 0 Å². The smallest absolute Gasteiger partial charge is 0.257 e. The molecule has 98 valence electrons. The van der Waals surface area contributed by atoms with Gasteiger partial charge in [0, 0.05) is 24.4 Å². The minimum absolute atomic E-state index is 0.121. The summed E-state index contributed by atoms with van der Waals surface area (Å²) in [5.74, 6) is -0.378. The molecule has 0 unspecified atom stereocenters. The number of ketones is 1. The number of nitrogens with one attached hydrogen (secondary N) is 1. The van der Waals surface area contributed by atoms with Crippen molar-refractivity contribution in [3.05, 3.63) is 46.5 Å². The molecule has 0 aliphatic carbocycles. The van der Waals surface area contributed by atoms with Crippen molar-refractivity contribution in [2.45, 2.75) is 13.5 Å². The molecule has 1 amide bonds. The Kier molecular flexibility index (Phi) is 4.03. The number of aromatic nitrogens is 1. The molecule has 6 heteroatoms. The van der Waals surface area contributed by atoms with Gasteiger partial charge < -0.3 is 5.73 Å². The Labute approximate surface area is 114 Å². The lowest BCUT2D eigenvalue weighted by Gasteiger charge is -2.02. The van der Waals surface area contributed by atoms with Gasteiger partial charge in [-0.25, -0.2) is 4.98 Å². The number of amides is 1. The van der Waals surface area contributed by atoms with Gasteiger partial charge in [0.15, 0.2) is 10.9 Å².